The lowest BCUT2D eigenvalue weighted by Crippen LogP contribution is -2.43. The summed E-state index contributed by atoms with van der Waals surface area (Å²) in [6.07, 6.45) is 4.03. The quantitative estimate of drug-likeness (QED) is 0.668. The molecule has 1 atom stereocenters. The van der Waals surface area contributed by atoms with Gasteiger partial charge in [0.25, 0.3) is 5.91 Å². The summed E-state index contributed by atoms with van der Waals surface area (Å²) in [5, 5.41) is 3.04. The molecule has 0 saturated carbocycles. The summed E-state index contributed by atoms with van der Waals surface area (Å²) in [7, 11) is 4.05. The van der Waals surface area contributed by atoms with E-state index in [2.05, 4.69) is 27.3 Å². The molecular weight excluding hydrogens is 406 g/mol. The zero-order valence-electron chi connectivity index (χ0n) is 19.0. The van der Waals surface area contributed by atoms with Crippen molar-refractivity contribution in [2.45, 2.75) is 38.5 Å². The molecule has 0 radical (unpaired) electrons. The van der Waals surface area contributed by atoms with E-state index in [9.17, 15) is 9.59 Å². The van der Waals surface area contributed by atoms with E-state index < -0.39 is 0 Å². The van der Waals surface area contributed by atoms with Crippen LogP contribution in [-0.2, 0) is 22.7 Å². The highest BCUT2D eigenvalue weighted by atomic mass is 16.5. The molecule has 8 nitrogen and oxygen atoms in total. The van der Waals surface area contributed by atoms with Crippen LogP contribution in [0.5, 0.6) is 0 Å². The molecule has 172 valence electrons. The van der Waals surface area contributed by atoms with Crippen LogP contribution >= 0.6 is 0 Å². The molecule has 2 aromatic rings. The van der Waals surface area contributed by atoms with Gasteiger partial charge in [-0.1, -0.05) is 30.3 Å². The second-order valence-corrected chi connectivity index (χ2v) is 8.92. The first kappa shape index (κ1) is 22.5. The van der Waals surface area contributed by atoms with E-state index in [1.165, 1.54) is 0 Å². The normalized spacial score (nSPS) is 19.1. The Balaban J connectivity index is 1.29. The Morgan fingerprint density at radius 3 is 2.66 bits per heavy atom. The highest BCUT2D eigenvalue weighted by Crippen LogP contribution is 2.28. The number of aromatic nitrogens is 2. The summed E-state index contributed by atoms with van der Waals surface area (Å²) in [5.41, 5.74) is 2.44. The molecule has 2 aliphatic heterocycles. The molecule has 3 heterocycles. The van der Waals surface area contributed by atoms with Gasteiger partial charge in [-0.15, -0.1) is 0 Å². The van der Waals surface area contributed by atoms with Crippen LogP contribution in [0.1, 0.15) is 47.1 Å². The van der Waals surface area contributed by atoms with E-state index in [0.29, 0.717) is 51.3 Å². The van der Waals surface area contributed by atoms with Gasteiger partial charge in [-0.05, 0) is 45.5 Å². The monoisotopic (exact) mass is 439 g/mol. The van der Waals surface area contributed by atoms with Gasteiger partial charge in [0, 0.05) is 25.6 Å². The molecule has 4 rings (SSSR count). The van der Waals surface area contributed by atoms with Crippen LogP contribution in [0.15, 0.2) is 36.7 Å². The number of hydrogen-bond acceptors (Lipinski definition) is 5. The predicted molar refractivity (Wildman–Crippen MR) is 121 cm³/mol. The topological polar surface area (TPSA) is 79.7 Å². The van der Waals surface area contributed by atoms with Crippen molar-refractivity contribution >= 4 is 11.8 Å². The van der Waals surface area contributed by atoms with Crippen LogP contribution < -0.4 is 5.32 Å². The first-order valence-electron chi connectivity index (χ1n) is 11.4. The molecule has 2 amide bonds. The molecule has 1 N–H and O–H groups in total. The fraction of sp³-hybridized carbons (Fsp3) is 0.542. The van der Waals surface area contributed by atoms with Crippen LogP contribution in [0.2, 0.25) is 0 Å². The Morgan fingerprint density at radius 2 is 1.94 bits per heavy atom. The van der Waals surface area contributed by atoms with Crippen molar-refractivity contribution in [1.82, 2.24) is 24.7 Å². The van der Waals surface area contributed by atoms with Crippen molar-refractivity contribution in [3.05, 3.63) is 53.6 Å². The molecule has 0 bridgehead atoms. The minimum Gasteiger partial charge on any atom is -0.365 e. The molecule has 1 saturated heterocycles. The Morgan fingerprint density at radius 1 is 1.19 bits per heavy atom. The molecular formula is C24H33N5O3. The summed E-state index contributed by atoms with van der Waals surface area (Å²) in [6.45, 7) is 3.82. The summed E-state index contributed by atoms with van der Waals surface area (Å²) in [4.78, 5) is 33.9. The van der Waals surface area contributed by atoms with Gasteiger partial charge in [0.05, 0.1) is 25.2 Å². The van der Waals surface area contributed by atoms with E-state index in [1.54, 1.807) is 6.33 Å². The van der Waals surface area contributed by atoms with Gasteiger partial charge in [0.15, 0.2) is 5.69 Å². The Hall–Kier alpha value is -2.71. The van der Waals surface area contributed by atoms with Gasteiger partial charge in [-0.2, -0.15) is 0 Å². The van der Waals surface area contributed by atoms with Gasteiger partial charge >= 0.3 is 0 Å². The van der Waals surface area contributed by atoms with Crippen molar-refractivity contribution in [1.29, 1.82) is 0 Å². The number of rotatable bonds is 7. The summed E-state index contributed by atoms with van der Waals surface area (Å²) in [6, 6.07) is 10.1. The van der Waals surface area contributed by atoms with Gasteiger partial charge in [-0.3, -0.25) is 9.59 Å². The zero-order valence-corrected chi connectivity index (χ0v) is 19.0. The van der Waals surface area contributed by atoms with Crippen molar-refractivity contribution < 1.29 is 14.3 Å². The third kappa shape index (κ3) is 5.19. The van der Waals surface area contributed by atoms with Gasteiger partial charge in [0.2, 0.25) is 5.91 Å². The van der Waals surface area contributed by atoms with Crippen LogP contribution in [0.25, 0.3) is 0 Å². The van der Waals surface area contributed by atoms with Gasteiger partial charge < -0.3 is 24.4 Å². The smallest absolute Gasteiger partial charge is 0.274 e. The third-order valence-corrected chi connectivity index (χ3v) is 6.34. The number of carbonyl (C=O) groups excluding carboxylic acids is 2. The number of nitrogens with zero attached hydrogens (tertiary/aromatic N) is 4. The molecule has 8 heteroatoms. The highest BCUT2D eigenvalue weighted by molar-refractivity contribution is 5.93. The van der Waals surface area contributed by atoms with Crippen LogP contribution in [0, 0.1) is 5.92 Å². The lowest BCUT2D eigenvalue weighted by atomic mass is 9.95. The van der Waals surface area contributed by atoms with Crippen molar-refractivity contribution in [2.75, 3.05) is 40.3 Å². The van der Waals surface area contributed by atoms with Crippen LogP contribution in [0.3, 0.4) is 0 Å². The molecule has 1 aromatic heterocycles. The number of fused-ring (bicyclic) bond motifs is 1. The fourth-order valence-corrected chi connectivity index (χ4v) is 4.42. The first-order chi connectivity index (χ1) is 15.5. The zero-order chi connectivity index (χ0) is 22.5. The summed E-state index contributed by atoms with van der Waals surface area (Å²) < 4.78 is 8.08. The summed E-state index contributed by atoms with van der Waals surface area (Å²) >= 11 is 0. The maximum absolute atomic E-state index is 13.1. The predicted octanol–water partition coefficient (Wildman–Crippen LogP) is 2.07. The van der Waals surface area contributed by atoms with Crippen LogP contribution in [0.4, 0.5) is 0 Å². The number of ether oxygens (including phenoxy) is 1. The molecule has 0 aliphatic carbocycles. The minimum atomic E-state index is -0.0645. The van der Waals surface area contributed by atoms with E-state index in [0.717, 1.165) is 24.2 Å². The highest BCUT2D eigenvalue weighted by Gasteiger charge is 2.32. The van der Waals surface area contributed by atoms with Crippen molar-refractivity contribution in [3.63, 3.8) is 0 Å². The number of amides is 2. The van der Waals surface area contributed by atoms with E-state index in [-0.39, 0.29) is 23.8 Å². The first-order valence-corrected chi connectivity index (χ1v) is 11.4. The number of benzene rings is 1. The Labute approximate surface area is 189 Å². The fourth-order valence-electron chi connectivity index (χ4n) is 4.42. The maximum atomic E-state index is 13.1. The molecule has 1 aromatic carbocycles. The average molecular weight is 440 g/mol. The molecule has 2 aliphatic rings. The number of nitrogens with one attached hydrogen (secondary N) is 1. The van der Waals surface area contributed by atoms with Gasteiger partial charge in [0.1, 0.15) is 6.10 Å². The van der Waals surface area contributed by atoms with E-state index in [4.69, 9.17) is 4.74 Å². The second kappa shape index (κ2) is 10.3. The maximum Gasteiger partial charge on any atom is 0.274 e. The minimum absolute atomic E-state index is 0.0238. The SMILES string of the molecule is CN(C)CCCNC(=O)C1CCN(C(=O)c2ncn3c2CO[C@H](c2ccccc2)C3)CC1. The van der Waals surface area contributed by atoms with E-state index in [1.807, 2.05) is 41.8 Å². The largest absolute Gasteiger partial charge is 0.365 e. The number of carbonyl (C=O) groups is 2. The molecule has 1 fully saturated rings. The Kier molecular flexibility index (Phi) is 7.22. The van der Waals surface area contributed by atoms with Gasteiger partial charge in [-0.25, -0.2) is 4.98 Å². The van der Waals surface area contributed by atoms with Crippen molar-refractivity contribution in [2.24, 2.45) is 5.92 Å². The number of hydrogen-bond donors (Lipinski definition) is 1. The average Bonchev–Trinajstić information content (AvgIpc) is 3.25. The lowest BCUT2D eigenvalue weighted by Gasteiger charge is -2.31. The third-order valence-electron chi connectivity index (χ3n) is 6.34. The second-order valence-electron chi connectivity index (χ2n) is 8.92. The number of imidazole rings is 1. The molecule has 0 spiro atoms. The molecule has 0 unspecified atom stereocenters. The van der Waals surface area contributed by atoms with Crippen LogP contribution in [-0.4, -0.2) is 71.4 Å². The number of likely N-dealkylation sites (tertiary alicyclic amines) is 1. The standard InChI is InChI=1S/C24H33N5O3/c1-27(2)12-6-11-25-23(30)19-9-13-28(14-10-19)24(31)22-20-16-32-21(15-29(20)17-26-22)18-7-4-3-5-8-18/h3-5,7-8,17,19,21H,6,9-16H2,1-2H3,(H,25,30)/t21-/m0/s1. The Bertz CT molecular complexity index is 919. The lowest BCUT2D eigenvalue weighted by molar-refractivity contribution is -0.126. The van der Waals surface area contributed by atoms with E-state index >= 15 is 0 Å². The molecule has 32 heavy (non-hydrogen) atoms. The number of piperidine rings is 1. The summed E-state index contributed by atoms with van der Waals surface area (Å²) in [5.74, 6) is 0.0187. The van der Waals surface area contributed by atoms with Crippen molar-refractivity contribution in [3.8, 4) is 0 Å².